The molecule has 2 atom stereocenters. The lowest BCUT2D eigenvalue weighted by molar-refractivity contribution is -0.159. The van der Waals surface area contributed by atoms with Crippen LogP contribution in [-0.2, 0) is 14.3 Å². The zero-order valence-corrected chi connectivity index (χ0v) is 11.5. The average molecular weight is 270 g/mol. The minimum Gasteiger partial charge on any atom is -0.480 e. The summed E-state index contributed by atoms with van der Waals surface area (Å²) in [4.78, 5) is 24.8. The van der Waals surface area contributed by atoms with Crippen molar-refractivity contribution in [3.05, 3.63) is 0 Å². The maximum atomic E-state index is 12.1. The van der Waals surface area contributed by atoms with Gasteiger partial charge < -0.3 is 20.1 Å². The van der Waals surface area contributed by atoms with Crippen molar-refractivity contribution in [1.29, 1.82) is 0 Å². The van der Waals surface area contributed by atoms with Crippen molar-refractivity contribution >= 4 is 11.9 Å². The van der Waals surface area contributed by atoms with Crippen LogP contribution in [0, 0.1) is 5.92 Å². The number of carboxylic acids is 1. The fourth-order valence-electron chi connectivity index (χ4n) is 2.57. The number of piperidine rings is 1. The summed E-state index contributed by atoms with van der Waals surface area (Å²) in [6.45, 7) is 5.92. The topological polar surface area (TPSA) is 78.9 Å². The molecular weight excluding hydrogens is 248 g/mol. The van der Waals surface area contributed by atoms with Crippen molar-refractivity contribution in [2.45, 2.75) is 38.3 Å². The Kier molecular flexibility index (Phi) is 4.10. The summed E-state index contributed by atoms with van der Waals surface area (Å²) in [5, 5.41) is 12.3. The van der Waals surface area contributed by atoms with E-state index in [1.807, 2.05) is 13.8 Å². The number of carboxylic acid groups (broad SMARTS) is 1. The number of carbonyl (C=O) groups is 2. The van der Waals surface area contributed by atoms with E-state index in [4.69, 9.17) is 4.74 Å². The molecular formula is C13H22N2O4. The maximum absolute atomic E-state index is 12.1. The fraction of sp³-hybridized carbons (Fsp3) is 0.846. The number of aliphatic carboxylic acids is 1. The second kappa shape index (κ2) is 5.46. The van der Waals surface area contributed by atoms with Gasteiger partial charge in [0.15, 0.2) is 0 Å². The van der Waals surface area contributed by atoms with Crippen LogP contribution >= 0.6 is 0 Å². The molecule has 0 aromatic heterocycles. The maximum Gasteiger partial charge on any atom is 0.326 e. The third-order valence-electron chi connectivity index (χ3n) is 4.01. The highest BCUT2D eigenvalue weighted by atomic mass is 16.5. The number of hydrogen-bond acceptors (Lipinski definition) is 4. The molecule has 0 radical (unpaired) electrons. The Hall–Kier alpha value is -1.14. The van der Waals surface area contributed by atoms with Gasteiger partial charge in [0, 0.05) is 19.6 Å². The zero-order valence-electron chi connectivity index (χ0n) is 11.5. The van der Waals surface area contributed by atoms with E-state index in [1.165, 1.54) is 4.90 Å². The highest BCUT2D eigenvalue weighted by molar-refractivity contribution is 5.84. The Balaban J connectivity index is 1.90. The van der Waals surface area contributed by atoms with Crippen LogP contribution in [0.3, 0.4) is 0 Å². The number of likely N-dealkylation sites (tertiary alicyclic amines) is 1. The molecule has 2 saturated heterocycles. The standard InChI is InChI=1S/C13H22N2O4/c1-9-3-4-15(10(5-9)12(17)18)11(16)6-19-13(2)7-14-8-13/h9-10,14H,3-8H2,1-2H3,(H,17,18). The van der Waals surface area contributed by atoms with Gasteiger partial charge in [0.05, 0.1) is 5.60 Å². The van der Waals surface area contributed by atoms with Gasteiger partial charge in [-0.2, -0.15) is 0 Å². The summed E-state index contributed by atoms with van der Waals surface area (Å²) in [5.41, 5.74) is -0.280. The average Bonchev–Trinajstić information content (AvgIpc) is 2.33. The lowest BCUT2D eigenvalue weighted by atomic mass is 9.92. The van der Waals surface area contributed by atoms with Crippen LogP contribution in [-0.4, -0.2) is 59.8 Å². The first-order valence-electron chi connectivity index (χ1n) is 6.78. The molecule has 19 heavy (non-hydrogen) atoms. The molecule has 0 saturated carbocycles. The molecule has 0 aromatic carbocycles. The molecule has 0 aromatic rings. The third kappa shape index (κ3) is 3.25. The van der Waals surface area contributed by atoms with Gasteiger partial charge in [0.25, 0.3) is 0 Å². The van der Waals surface area contributed by atoms with Crippen molar-refractivity contribution in [2.75, 3.05) is 26.2 Å². The van der Waals surface area contributed by atoms with Gasteiger partial charge in [-0.1, -0.05) is 6.92 Å². The molecule has 0 aliphatic carbocycles. The number of amides is 1. The largest absolute Gasteiger partial charge is 0.480 e. The molecule has 6 heteroatoms. The first kappa shape index (κ1) is 14.3. The summed E-state index contributed by atoms with van der Waals surface area (Å²) < 4.78 is 5.59. The van der Waals surface area contributed by atoms with E-state index in [2.05, 4.69) is 5.32 Å². The lowest BCUT2D eigenvalue weighted by Crippen LogP contribution is -2.60. The van der Waals surface area contributed by atoms with Gasteiger partial charge in [-0.15, -0.1) is 0 Å². The molecule has 2 heterocycles. The molecule has 2 fully saturated rings. The smallest absolute Gasteiger partial charge is 0.326 e. The predicted molar refractivity (Wildman–Crippen MR) is 68.8 cm³/mol. The SMILES string of the molecule is CC1CCN(C(=O)COC2(C)CNC2)C(C(=O)O)C1. The Morgan fingerprint density at radius 2 is 2.16 bits per heavy atom. The number of ether oxygens (including phenoxy) is 1. The van der Waals surface area contributed by atoms with E-state index < -0.39 is 12.0 Å². The molecule has 1 amide bonds. The van der Waals surface area contributed by atoms with Gasteiger partial charge in [-0.3, -0.25) is 4.79 Å². The molecule has 6 nitrogen and oxygen atoms in total. The Morgan fingerprint density at radius 3 is 2.68 bits per heavy atom. The monoisotopic (exact) mass is 270 g/mol. The lowest BCUT2D eigenvalue weighted by Gasteiger charge is -2.40. The minimum atomic E-state index is -0.920. The van der Waals surface area contributed by atoms with Gasteiger partial charge in [-0.25, -0.2) is 4.79 Å². The minimum absolute atomic E-state index is 0.0314. The van der Waals surface area contributed by atoms with Crippen LogP contribution < -0.4 is 5.32 Å². The van der Waals surface area contributed by atoms with E-state index in [0.29, 0.717) is 18.9 Å². The highest BCUT2D eigenvalue weighted by Gasteiger charge is 2.37. The van der Waals surface area contributed by atoms with Crippen molar-refractivity contribution in [3.63, 3.8) is 0 Å². The number of carbonyl (C=O) groups excluding carboxylic acids is 1. The first-order chi connectivity index (χ1) is 8.91. The van der Waals surface area contributed by atoms with E-state index in [-0.39, 0.29) is 18.1 Å². The number of nitrogens with one attached hydrogen (secondary N) is 1. The van der Waals surface area contributed by atoms with Crippen LogP contribution in [0.15, 0.2) is 0 Å². The van der Waals surface area contributed by atoms with Crippen molar-refractivity contribution in [1.82, 2.24) is 10.2 Å². The molecule has 2 unspecified atom stereocenters. The van der Waals surface area contributed by atoms with Crippen molar-refractivity contribution < 1.29 is 19.4 Å². The van der Waals surface area contributed by atoms with Gasteiger partial charge >= 0.3 is 5.97 Å². The summed E-state index contributed by atoms with van der Waals surface area (Å²) in [6.07, 6.45) is 1.38. The molecule has 2 aliphatic heterocycles. The molecule has 108 valence electrons. The van der Waals surface area contributed by atoms with Crippen LogP contribution in [0.5, 0.6) is 0 Å². The third-order valence-corrected chi connectivity index (χ3v) is 4.01. The van der Waals surface area contributed by atoms with Gasteiger partial charge in [-0.05, 0) is 25.7 Å². The van der Waals surface area contributed by atoms with Crippen molar-refractivity contribution in [3.8, 4) is 0 Å². The number of hydrogen-bond donors (Lipinski definition) is 2. The molecule has 0 spiro atoms. The Bertz CT molecular complexity index is 368. The van der Waals surface area contributed by atoms with Crippen LogP contribution in [0.4, 0.5) is 0 Å². The Labute approximate surface area is 113 Å². The van der Waals surface area contributed by atoms with Gasteiger partial charge in [0.1, 0.15) is 12.6 Å². The second-order valence-corrected chi connectivity index (χ2v) is 5.91. The van der Waals surface area contributed by atoms with Crippen molar-refractivity contribution in [2.24, 2.45) is 5.92 Å². The van der Waals surface area contributed by atoms with E-state index in [9.17, 15) is 14.7 Å². The first-order valence-corrected chi connectivity index (χ1v) is 6.78. The van der Waals surface area contributed by atoms with Crippen LogP contribution in [0.25, 0.3) is 0 Å². The quantitative estimate of drug-likeness (QED) is 0.756. The zero-order chi connectivity index (χ0) is 14.0. The second-order valence-electron chi connectivity index (χ2n) is 5.91. The number of nitrogens with zero attached hydrogens (tertiary/aromatic N) is 1. The van der Waals surface area contributed by atoms with E-state index >= 15 is 0 Å². The fourth-order valence-corrected chi connectivity index (χ4v) is 2.57. The molecule has 2 rings (SSSR count). The van der Waals surface area contributed by atoms with Crippen LogP contribution in [0.1, 0.15) is 26.7 Å². The van der Waals surface area contributed by atoms with Gasteiger partial charge in [0.2, 0.25) is 5.91 Å². The molecule has 2 aliphatic rings. The molecule has 0 bridgehead atoms. The number of rotatable bonds is 4. The summed E-state index contributed by atoms with van der Waals surface area (Å²) in [7, 11) is 0. The predicted octanol–water partition coefficient (Wildman–Crippen LogP) is 0.0766. The Morgan fingerprint density at radius 1 is 1.47 bits per heavy atom. The van der Waals surface area contributed by atoms with E-state index in [0.717, 1.165) is 19.5 Å². The molecule has 2 N–H and O–H groups in total. The highest BCUT2D eigenvalue weighted by Crippen LogP contribution is 2.23. The normalized spacial score (nSPS) is 29.7. The summed E-state index contributed by atoms with van der Waals surface area (Å²) in [5.74, 6) is -0.789. The summed E-state index contributed by atoms with van der Waals surface area (Å²) in [6, 6.07) is -0.702. The summed E-state index contributed by atoms with van der Waals surface area (Å²) >= 11 is 0. The van der Waals surface area contributed by atoms with E-state index in [1.54, 1.807) is 0 Å². The van der Waals surface area contributed by atoms with Crippen LogP contribution in [0.2, 0.25) is 0 Å².